The highest BCUT2D eigenvalue weighted by molar-refractivity contribution is 6.39. The van der Waals surface area contributed by atoms with Gasteiger partial charge in [-0.25, -0.2) is 0 Å². The maximum atomic E-state index is 14.3. The molecule has 9 nitrogen and oxygen atoms in total. The Bertz CT molecular complexity index is 1170. The van der Waals surface area contributed by atoms with Gasteiger partial charge in [-0.05, 0) is 64.2 Å². The molecule has 0 saturated heterocycles. The van der Waals surface area contributed by atoms with Crippen molar-refractivity contribution in [3.63, 3.8) is 0 Å². The Morgan fingerprint density at radius 1 is 1.12 bits per heavy atom. The van der Waals surface area contributed by atoms with E-state index in [1.54, 1.807) is 6.92 Å². The lowest BCUT2D eigenvalue weighted by Crippen LogP contribution is -2.45. The molecule has 2 aliphatic rings. The first-order chi connectivity index (χ1) is 19.1. The number of carboxylic acids is 1. The number of rotatable bonds is 10. The Morgan fingerprint density at radius 3 is 2.17 bits per heavy atom. The van der Waals surface area contributed by atoms with Crippen LogP contribution in [0, 0.1) is 17.2 Å². The SMILES string of the molecule is CC1(O)CCC(CN(CC(=O)c2c(Cl)cncc2Cl)C(=O)/C(C=N)=C(/N[C@H]2CC[C@H](C(=O)O)CC2)C(F)(F)F)CC1. The number of nitrogens with zero attached hydrogens (tertiary/aromatic N) is 2. The van der Waals surface area contributed by atoms with Gasteiger partial charge in [0.2, 0.25) is 0 Å². The first-order valence-electron chi connectivity index (χ1n) is 13.3. The highest BCUT2D eigenvalue weighted by Crippen LogP contribution is 2.34. The van der Waals surface area contributed by atoms with Crippen molar-refractivity contribution < 1.29 is 37.8 Å². The van der Waals surface area contributed by atoms with Crippen LogP contribution in [0.5, 0.6) is 0 Å². The largest absolute Gasteiger partial charge is 0.481 e. The molecule has 0 unspecified atom stereocenters. The molecule has 1 aromatic heterocycles. The number of amides is 1. The zero-order valence-corrected chi connectivity index (χ0v) is 24.0. The second-order valence-electron chi connectivity index (χ2n) is 11.0. The minimum absolute atomic E-state index is 0.0824. The van der Waals surface area contributed by atoms with Crippen molar-refractivity contribution in [2.75, 3.05) is 13.1 Å². The summed E-state index contributed by atoms with van der Waals surface area (Å²) in [6.07, 6.45) is 0.0441. The number of pyridine rings is 1. The third-order valence-corrected chi connectivity index (χ3v) is 8.34. The van der Waals surface area contributed by atoms with E-state index >= 15 is 0 Å². The summed E-state index contributed by atoms with van der Waals surface area (Å²) in [6.45, 7) is 0.943. The third kappa shape index (κ3) is 8.65. The fraction of sp³-hybridized carbons (Fsp3) is 0.593. The summed E-state index contributed by atoms with van der Waals surface area (Å²) in [5.74, 6) is -3.76. The molecule has 4 N–H and O–H groups in total. The van der Waals surface area contributed by atoms with Crippen molar-refractivity contribution in [1.29, 1.82) is 5.41 Å². The highest BCUT2D eigenvalue weighted by Gasteiger charge is 2.41. The monoisotopic (exact) mass is 620 g/mol. The molecular formula is C27H33Cl2F3N4O5. The smallest absolute Gasteiger partial charge is 0.431 e. The van der Waals surface area contributed by atoms with Crippen LogP contribution in [0.25, 0.3) is 0 Å². The van der Waals surface area contributed by atoms with Crippen LogP contribution in [-0.2, 0) is 9.59 Å². The van der Waals surface area contributed by atoms with Gasteiger partial charge in [0.25, 0.3) is 5.91 Å². The van der Waals surface area contributed by atoms with Gasteiger partial charge in [0, 0.05) is 31.2 Å². The van der Waals surface area contributed by atoms with E-state index in [1.807, 2.05) is 0 Å². The van der Waals surface area contributed by atoms with Crippen LogP contribution in [0.1, 0.15) is 68.6 Å². The van der Waals surface area contributed by atoms with E-state index in [4.69, 9.17) is 28.6 Å². The number of nitrogens with one attached hydrogen (secondary N) is 2. The van der Waals surface area contributed by atoms with Gasteiger partial charge >= 0.3 is 12.1 Å². The van der Waals surface area contributed by atoms with E-state index in [-0.39, 0.29) is 53.8 Å². The molecule has 0 spiro atoms. The van der Waals surface area contributed by atoms with Crippen LogP contribution < -0.4 is 5.32 Å². The van der Waals surface area contributed by atoms with E-state index < -0.39 is 59.2 Å². The van der Waals surface area contributed by atoms with Gasteiger partial charge in [0.15, 0.2) is 5.78 Å². The molecule has 0 atom stereocenters. The number of aliphatic hydroxyl groups is 1. The van der Waals surface area contributed by atoms with Gasteiger partial charge in [0.1, 0.15) is 5.70 Å². The molecule has 2 saturated carbocycles. The molecule has 14 heteroatoms. The molecule has 0 radical (unpaired) electrons. The van der Waals surface area contributed by atoms with E-state index in [1.165, 1.54) is 12.4 Å². The molecule has 1 amide bonds. The number of ketones is 1. The fourth-order valence-electron chi connectivity index (χ4n) is 5.36. The van der Waals surface area contributed by atoms with Crippen LogP contribution >= 0.6 is 23.2 Å². The van der Waals surface area contributed by atoms with Gasteiger partial charge in [-0.15, -0.1) is 0 Å². The van der Waals surface area contributed by atoms with Gasteiger partial charge in [0.05, 0.1) is 39.2 Å². The lowest BCUT2D eigenvalue weighted by molar-refractivity contribution is -0.143. The van der Waals surface area contributed by atoms with Crippen molar-refractivity contribution in [1.82, 2.24) is 15.2 Å². The fourth-order valence-corrected chi connectivity index (χ4v) is 5.93. The molecule has 41 heavy (non-hydrogen) atoms. The second kappa shape index (κ2) is 13.5. The summed E-state index contributed by atoms with van der Waals surface area (Å²) >= 11 is 12.2. The average molecular weight is 621 g/mol. The van der Waals surface area contributed by atoms with Gasteiger partial charge in [-0.1, -0.05) is 23.2 Å². The summed E-state index contributed by atoms with van der Waals surface area (Å²) in [5.41, 5.74) is -3.41. The van der Waals surface area contributed by atoms with E-state index in [9.17, 15) is 37.8 Å². The topological polar surface area (TPSA) is 144 Å². The van der Waals surface area contributed by atoms with Crippen molar-refractivity contribution >= 4 is 47.1 Å². The molecule has 0 bridgehead atoms. The highest BCUT2D eigenvalue weighted by atomic mass is 35.5. The number of aromatic nitrogens is 1. The number of carboxylic acid groups (broad SMARTS) is 1. The normalized spacial score (nSPS) is 25.6. The number of Topliss-reactive ketones (excluding diaryl/α,β-unsaturated/α-hetero) is 1. The molecule has 0 aliphatic heterocycles. The minimum atomic E-state index is -5.04. The Morgan fingerprint density at radius 2 is 1.68 bits per heavy atom. The predicted molar refractivity (Wildman–Crippen MR) is 146 cm³/mol. The van der Waals surface area contributed by atoms with Gasteiger partial charge in [-0.3, -0.25) is 19.4 Å². The molecule has 2 aliphatic carbocycles. The number of carbonyl (C=O) groups is 3. The van der Waals surface area contributed by atoms with E-state index in [2.05, 4.69) is 10.3 Å². The van der Waals surface area contributed by atoms with E-state index in [0.29, 0.717) is 31.9 Å². The van der Waals surface area contributed by atoms with Crippen LogP contribution in [0.2, 0.25) is 10.0 Å². The van der Waals surface area contributed by atoms with Crippen molar-refractivity contribution in [3.8, 4) is 0 Å². The molecule has 1 aromatic rings. The van der Waals surface area contributed by atoms with Crippen LogP contribution in [0.3, 0.4) is 0 Å². The molecule has 2 fully saturated rings. The number of alkyl halides is 3. The summed E-state index contributed by atoms with van der Waals surface area (Å²) in [6, 6.07) is -0.755. The Balaban J connectivity index is 1.94. The van der Waals surface area contributed by atoms with Crippen molar-refractivity contribution in [2.24, 2.45) is 11.8 Å². The maximum absolute atomic E-state index is 14.3. The minimum Gasteiger partial charge on any atom is -0.481 e. The van der Waals surface area contributed by atoms with E-state index in [0.717, 1.165) is 4.90 Å². The number of aliphatic carboxylic acids is 1. The average Bonchev–Trinajstić information content (AvgIpc) is 2.88. The summed E-state index contributed by atoms with van der Waals surface area (Å²) in [5, 5.41) is 29.5. The summed E-state index contributed by atoms with van der Waals surface area (Å²) in [4.78, 5) is 42.9. The molecule has 226 valence electrons. The Hall–Kier alpha value is -2.70. The van der Waals surface area contributed by atoms with Crippen LogP contribution in [-0.4, -0.2) is 74.9 Å². The summed E-state index contributed by atoms with van der Waals surface area (Å²) in [7, 11) is 0. The summed E-state index contributed by atoms with van der Waals surface area (Å²) < 4.78 is 42.9. The lowest BCUT2D eigenvalue weighted by Gasteiger charge is -2.36. The predicted octanol–water partition coefficient (Wildman–Crippen LogP) is 5.04. The first kappa shape index (κ1) is 32.8. The number of hydrogen-bond donors (Lipinski definition) is 4. The zero-order chi connectivity index (χ0) is 30.5. The number of carbonyl (C=O) groups excluding carboxylic acids is 2. The number of halogens is 5. The Labute approximate surface area is 245 Å². The number of allylic oxidation sites excluding steroid dienone is 1. The zero-order valence-electron chi connectivity index (χ0n) is 22.4. The van der Waals surface area contributed by atoms with Crippen LogP contribution in [0.15, 0.2) is 23.7 Å². The van der Waals surface area contributed by atoms with Crippen molar-refractivity contribution in [2.45, 2.75) is 76.1 Å². The van der Waals surface area contributed by atoms with Gasteiger partial charge in [-0.2, -0.15) is 13.2 Å². The lowest BCUT2D eigenvalue weighted by atomic mass is 9.79. The molecule has 1 heterocycles. The first-order valence-corrected chi connectivity index (χ1v) is 14.0. The van der Waals surface area contributed by atoms with Crippen LogP contribution in [0.4, 0.5) is 13.2 Å². The third-order valence-electron chi connectivity index (χ3n) is 7.77. The van der Waals surface area contributed by atoms with Gasteiger partial charge < -0.3 is 25.8 Å². The standard InChI is InChI=1S/C27H33Cl2F3N4O5/c1-26(41)8-6-15(7-9-26)13-36(14-21(37)22-19(28)11-34-12-20(22)29)24(38)18(10-33)23(27(30,31)32)35-17-4-2-16(3-5-17)25(39)40/h10-12,15-17,33,35,41H,2-9,13-14H2,1H3,(H,39,40)/b23-18+,33-10?/t15?,16-,17-,26?. The Kier molecular flexibility index (Phi) is 10.8. The molecule has 0 aromatic carbocycles. The second-order valence-corrected chi connectivity index (χ2v) is 11.8. The number of hydrogen-bond acceptors (Lipinski definition) is 7. The molecule has 3 rings (SSSR count). The molecular weight excluding hydrogens is 588 g/mol. The quantitative estimate of drug-likeness (QED) is 0.163. The maximum Gasteiger partial charge on any atom is 0.431 e. The van der Waals surface area contributed by atoms with Crippen molar-refractivity contribution in [3.05, 3.63) is 39.3 Å².